The SMILES string of the molecule is CC1(C)CCC(CN2CCN(c3ccc(C(=O)NS(=O)(=O)c4ccc(NC[C@H]5COCCO5)c([N+](=O)[O-])c4)c(N4CCCOc5nc6[nH]ccc6cc54)c3)CC2)=C(c2ccc(C3CC3)cc2)C1. The van der Waals surface area contributed by atoms with Crippen LogP contribution in [-0.2, 0) is 19.5 Å². The fourth-order valence-electron chi connectivity index (χ4n) is 9.86. The Morgan fingerprint density at radius 3 is 2.54 bits per heavy atom. The lowest BCUT2D eigenvalue weighted by molar-refractivity contribution is -0.384. The molecular weight excluding hydrogens is 873 g/mol. The summed E-state index contributed by atoms with van der Waals surface area (Å²) in [7, 11) is -4.59. The Bertz CT molecular complexity index is 2810. The number of rotatable bonds is 13. The number of aromatic amines is 1. The number of hydrogen-bond donors (Lipinski definition) is 3. The normalized spacial score (nSPS) is 20.2. The zero-order valence-electron chi connectivity index (χ0n) is 38.1. The number of fused-ring (bicyclic) bond motifs is 2. The van der Waals surface area contributed by atoms with E-state index < -0.39 is 31.4 Å². The van der Waals surface area contributed by atoms with Gasteiger partial charge in [0.15, 0.2) is 0 Å². The summed E-state index contributed by atoms with van der Waals surface area (Å²) in [5.74, 6) is 0.251. The maximum Gasteiger partial charge on any atom is 0.293 e. The molecule has 0 radical (unpaired) electrons. The molecule has 1 atom stereocenters. The van der Waals surface area contributed by atoms with Crippen LogP contribution in [0.4, 0.5) is 28.4 Å². The van der Waals surface area contributed by atoms with E-state index in [2.05, 4.69) is 62.9 Å². The van der Waals surface area contributed by atoms with Crippen LogP contribution in [0.1, 0.15) is 79.8 Å². The molecule has 67 heavy (non-hydrogen) atoms. The van der Waals surface area contributed by atoms with Gasteiger partial charge in [-0.2, -0.15) is 4.98 Å². The van der Waals surface area contributed by atoms with Gasteiger partial charge in [0.25, 0.3) is 21.6 Å². The molecule has 3 aromatic carbocycles. The number of amides is 1. The third-order valence-electron chi connectivity index (χ3n) is 13.8. The lowest BCUT2D eigenvalue weighted by Gasteiger charge is -2.39. The number of ether oxygens (including phenoxy) is 3. The molecule has 2 saturated heterocycles. The van der Waals surface area contributed by atoms with E-state index in [-0.39, 0.29) is 29.3 Å². The van der Waals surface area contributed by atoms with Crippen LogP contribution in [0.2, 0.25) is 0 Å². The van der Waals surface area contributed by atoms with Crippen LogP contribution in [0.25, 0.3) is 16.6 Å². The Balaban J connectivity index is 0.911. The van der Waals surface area contributed by atoms with E-state index in [0.29, 0.717) is 62.3 Å². The molecule has 5 aliphatic rings. The van der Waals surface area contributed by atoms with Gasteiger partial charge in [-0.25, -0.2) is 13.1 Å². The minimum absolute atomic E-state index is 0.111. The van der Waals surface area contributed by atoms with E-state index >= 15 is 0 Å². The third-order valence-corrected chi connectivity index (χ3v) is 15.1. The highest BCUT2D eigenvalue weighted by Gasteiger charge is 2.33. The van der Waals surface area contributed by atoms with Crippen molar-refractivity contribution in [3.63, 3.8) is 0 Å². The van der Waals surface area contributed by atoms with Crippen LogP contribution in [0.3, 0.4) is 0 Å². The number of nitro groups is 1. The number of benzene rings is 3. The Morgan fingerprint density at radius 2 is 1.78 bits per heavy atom. The van der Waals surface area contributed by atoms with E-state index in [1.54, 1.807) is 12.3 Å². The number of carbonyl (C=O) groups is 1. The number of aromatic nitrogens is 2. The molecular formula is C50H58N8O8S. The Kier molecular flexibility index (Phi) is 12.4. The van der Waals surface area contributed by atoms with E-state index in [1.807, 2.05) is 29.2 Å². The molecule has 5 heterocycles. The molecule has 17 heteroatoms. The highest BCUT2D eigenvalue weighted by molar-refractivity contribution is 7.90. The van der Waals surface area contributed by atoms with E-state index in [0.717, 1.165) is 68.6 Å². The van der Waals surface area contributed by atoms with Crippen molar-refractivity contribution in [1.29, 1.82) is 0 Å². The van der Waals surface area contributed by atoms with Gasteiger partial charge in [-0.3, -0.25) is 19.8 Å². The first-order valence-corrected chi connectivity index (χ1v) is 25.0. The topological polar surface area (TPSA) is 185 Å². The number of hydrogen-bond acceptors (Lipinski definition) is 13. The van der Waals surface area contributed by atoms with Gasteiger partial charge in [-0.05, 0) is 109 Å². The largest absolute Gasteiger partial charge is 0.476 e. The average molecular weight is 931 g/mol. The van der Waals surface area contributed by atoms with Crippen molar-refractivity contribution in [1.82, 2.24) is 19.6 Å². The molecule has 0 unspecified atom stereocenters. The van der Waals surface area contributed by atoms with Gasteiger partial charge in [0.05, 0.1) is 53.6 Å². The standard InChI is InChI=1S/C50H58N8O8S/c1-50(2)16-14-37(42(29-50)35-8-6-34(7-9-35)33-4-5-33)31-55-19-21-56(22-20-55)38-10-12-41(44(27-38)57-18-3-23-66-49-46(57)26-36-15-17-51-47(36)53-49)48(59)54-67(62,63)40-11-13-43(45(28-40)58(60)61)52-30-39-32-64-24-25-65-39/h6-13,15,17,26-28,33,39,52H,3-5,14,16,18-25,29-32H2,1-2H3,(H,51,53)(H,54,59)/t39-/m0/s1. The molecule has 2 aliphatic carbocycles. The number of anilines is 4. The molecule has 3 fully saturated rings. The van der Waals surface area contributed by atoms with Crippen molar-refractivity contribution in [3.05, 3.63) is 111 Å². The number of carbonyl (C=O) groups excluding carboxylic acids is 1. The molecule has 0 spiro atoms. The van der Waals surface area contributed by atoms with E-state index in [1.165, 1.54) is 53.7 Å². The van der Waals surface area contributed by atoms with Gasteiger partial charge in [0.1, 0.15) is 17.0 Å². The fourth-order valence-corrected chi connectivity index (χ4v) is 10.8. The van der Waals surface area contributed by atoms with Crippen molar-refractivity contribution in [2.45, 2.75) is 69.3 Å². The number of pyridine rings is 1. The van der Waals surface area contributed by atoms with Crippen LogP contribution >= 0.6 is 0 Å². The van der Waals surface area contributed by atoms with Crippen LogP contribution in [-0.4, -0.2) is 112 Å². The van der Waals surface area contributed by atoms with Crippen LogP contribution in [0, 0.1) is 15.5 Å². The molecule has 3 N–H and O–H groups in total. The summed E-state index contributed by atoms with van der Waals surface area (Å²) in [6.07, 6.45) is 8.02. The first-order chi connectivity index (χ1) is 32.4. The minimum atomic E-state index is -4.59. The number of sulfonamides is 1. The Hall–Kier alpha value is -6.01. The quantitative estimate of drug-likeness (QED) is 0.0763. The maximum absolute atomic E-state index is 14.4. The first kappa shape index (κ1) is 44.8. The van der Waals surface area contributed by atoms with Crippen molar-refractivity contribution in [2.24, 2.45) is 5.41 Å². The van der Waals surface area contributed by atoms with Crippen molar-refractivity contribution in [2.75, 3.05) is 87.4 Å². The fraction of sp³-hybridized carbons (Fsp3) is 0.440. The summed E-state index contributed by atoms with van der Waals surface area (Å²) >= 11 is 0. The maximum atomic E-state index is 14.4. The predicted octanol–water partition coefficient (Wildman–Crippen LogP) is 8.00. The van der Waals surface area contributed by atoms with E-state index in [9.17, 15) is 23.3 Å². The predicted molar refractivity (Wildman–Crippen MR) is 258 cm³/mol. The summed E-state index contributed by atoms with van der Waals surface area (Å²) < 4.78 is 47.3. The highest BCUT2D eigenvalue weighted by atomic mass is 32.2. The Morgan fingerprint density at radius 1 is 0.955 bits per heavy atom. The number of piperazine rings is 1. The smallest absolute Gasteiger partial charge is 0.293 e. The van der Waals surface area contributed by atoms with Crippen LogP contribution in [0.5, 0.6) is 5.88 Å². The second-order valence-corrected chi connectivity index (χ2v) is 20.9. The Labute approximate surface area is 390 Å². The molecule has 5 aromatic rings. The molecule has 1 saturated carbocycles. The van der Waals surface area contributed by atoms with Crippen LogP contribution in [0.15, 0.2) is 89.5 Å². The summed E-state index contributed by atoms with van der Waals surface area (Å²) in [5, 5.41) is 16.0. The van der Waals surface area contributed by atoms with Gasteiger partial charge in [0, 0.05) is 69.2 Å². The van der Waals surface area contributed by atoms with E-state index in [4.69, 9.17) is 19.2 Å². The average Bonchev–Trinajstić information content (AvgIpc) is 4.12. The summed E-state index contributed by atoms with van der Waals surface area (Å²) in [6.45, 7) is 11.2. The lowest BCUT2D eigenvalue weighted by atomic mass is 9.72. The second-order valence-electron chi connectivity index (χ2n) is 19.2. The summed E-state index contributed by atoms with van der Waals surface area (Å²) in [6, 6.07) is 22.2. The molecule has 3 aliphatic heterocycles. The van der Waals surface area contributed by atoms with Gasteiger partial charge in [-0.15, -0.1) is 0 Å². The van der Waals surface area contributed by atoms with Crippen molar-refractivity contribution >= 4 is 61.0 Å². The second kappa shape index (κ2) is 18.6. The molecule has 16 nitrogen and oxygen atoms in total. The van der Waals surface area contributed by atoms with Gasteiger partial charge < -0.3 is 34.3 Å². The van der Waals surface area contributed by atoms with Crippen LogP contribution < -0.4 is 24.6 Å². The monoisotopic (exact) mass is 930 g/mol. The molecule has 352 valence electrons. The summed E-state index contributed by atoms with van der Waals surface area (Å²) in [5.41, 5.74) is 8.57. The third kappa shape index (κ3) is 9.87. The number of nitrogens with zero attached hydrogens (tertiary/aromatic N) is 5. The summed E-state index contributed by atoms with van der Waals surface area (Å²) in [4.78, 5) is 40.3. The van der Waals surface area contributed by atoms with Crippen molar-refractivity contribution in [3.8, 4) is 5.88 Å². The minimum Gasteiger partial charge on any atom is -0.476 e. The lowest BCUT2D eigenvalue weighted by Crippen LogP contribution is -2.47. The molecule has 0 bridgehead atoms. The van der Waals surface area contributed by atoms with Crippen molar-refractivity contribution < 1.29 is 32.3 Å². The van der Waals surface area contributed by atoms with Gasteiger partial charge >= 0.3 is 0 Å². The zero-order chi connectivity index (χ0) is 46.3. The number of nitro benzene ring substituents is 1. The molecule has 2 aromatic heterocycles. The number of H-pyrrole nitrogens is 1. The molecule has 10 rings (SSSR count). The van der Waals surface area contributed by atoms with Gasteiger partial charge in [0.2, 0.25) is 5.88 Å². The van der Waals surface area contributed by atoms with Gasteiger partial charge in [-0.1, -0.05) is 43.7 Å². The molecule has 1 amide bonds. The first-order valence-electron chi connectivity index (χ1n) is 23.5. The zero-order valence-corrected chi connectivity index (χ0v) is 38.9. The number of allylic oxidation sites excluding steroid dienone is 1. The highest BCUT2D eigenvalue weighted by Crippen LogP contribution is 2.45. The number of nitrogens with one attached hydrogen (secondary N) is 3.